The van der Waals surface area contributed by atoms with Crippen molar-refractivity contribution in [1.82, 2.24) is 14.8 Å². The van der Waals surface area contributed by atoms with E-state index in [1.807, 2.05) is 35.9 Å². The van der Waals surface area contributed by atoms with E-state index in [2.05, 4.69) is 26.0 Å². The van der Waals surface area contributed by atoms with Crippen molar-refractivity contribution in [3.63, 3.8) is 0 Å². The second kappa shape index (κ2) is 5.27. The quantitative estimate of drug-likeness (QED) is 0.927. The summed E-state index contributed by atoms with van der Waals surface area (Å²) in [6.45, 7) is 3.84. The van der Waals surface area contributed by atoms with Gasteiger partial charge in [-0.1, -0.05) is 28.1 Å². The first-order chi connectivity index (χ1) is 9.62. The van der Waals surface area contributed by atoms with Crippen molar-refractivity contribution in [2.45, 2.75) is 13.5 Å². The lowest BCUT2D eigenvalue weighted by molar-refractivity contribution is -0.146. The Balaban J connectivity index is 1.85. The van der Waals surface area contributed by atoms with Gasteiger partial charge in [-0.2, -0.15) is 5.10 Å². The minimum atomic E-state index is -0.199. The van der Waals surface area contributed by atoms with Gasteiger partial charge in [0, 0.05) is 10.0 Å². The summed E-state index contributed by atoms with van der Waals surface area (Å²) in [5.74, 6) is 1.56. The van der Waals surface area contributed by atoms with Crippen LogP contribution in [0.1, 0.15) is 5.82 Å². The van der Waals surface area contributed by atoms with Crippen molar-refractivity contribution < 1.29 is 9.84 Å². The molecule has 2 heterocycles. The highest BCUT2D eigenvalue weighted by Crippen LogP contribution is 2.29. The molecule has 1 N–H and O–H groups in total. The zero-order chi connectivity index (χ0) is 14.2. The fourth-order valence-electron chi connectivity index (χ4n) is 2.23. The molecule has 20 heavy (non-hydrogen) atoms. The molecule has 0 radical (unpaired) electrons. The Labute approximate surface area is 125 Å². The molecule has 3 rings (SSSR count). The number of aryl methyl sites for hydroxylation is 1. The molecule has 0 amide bonds. The fraction of sp³-hybridized carbons (Fsp3) is 0.429. The number of aromatic nitrogens is 3. The summed E-state index contributed by atoms with van der Waals surface area (Å²) in [5, 5.41) is 14.0. The predicted molar refractivity (Wildman–Crippen MR) is 78.2 cm³/mol. The lowest BCUT2D eigenvalue weighted by Gasteiger charge is -2.39. The third-order valence-electron chi connectivity index (χ3n) is 3.60. The standard InChI is InChI=1S/C14H16BrN3O2/c1-10-16-13(11-2-4-12(15)5-3-11)17-18(10)6-14(7-19)8-20-9-14/h2-5,19H,6-9H2,1H3. The Hall–Kier alpha value is -1.24. The van der Waals surface area contributed by atoms with E-state index in [-0.39, 0.29) is 12.0 Å². The minimum Gasteiger partial charge on any atom is -0.396 e. The lowest BCUT2D eigenvalue weighted by Crippen LogP contribution is -2.49. The van der Waals surface area contributed by atoms with E-state index in [1.165, 1.54) is 0 Å². The maximum Gasteiger partial charge on any atom is 0.181 e. The van der Waals surface area contributed by atoms with Gasteiger partial charge in [-0.3, -0.25) is 0 Å². The zero-order valence-electron chi connectivity index (χ0n) is 11.2. The number of aliphatic hydroxyl groups is 1. The van der Waals surface area contributed by atoms with Crippen LogP contribution in [-0.4, -0.2) is 39.7 Å². The lowest BCUT2D eigenvalue weighted by atomic mass is 9.87. The molecule has 0 unspecified atom stereocenters. The second-order valence-electron chi connectivity index (χ2n) is 5.30. The van der Waals surface area contributed by atoms with E-state index in [0.29, 0.717) is 25.6 Å². The van der Waals surface area contributed by atoms with Gasteiger partial charge in [0.15, 0.2) is 5.82 Å². The molecular formula is C14H16BrN3O2. The molecule has 0 aliphatic carbocycles. The minimum absolute atomic E-state index is 0.111. The number of hydrogen-bond acceptors (Lipinski definition) is 4. The van der Waals surface area contributed by atoms with Gasteiger partial charge in [-0.25, -0.2) is 9.67 Å². The Morgan fingerprint density at radius 2 is 2.05 bits per heavy atom. The van der Waals surface area contributed by atoms with E-state index in [0.717, 1.165) is 15.9 Å². The second-order valence-corrected chi connectivity index (χ2v) is 6.21. The smallest absolute Gasteiger partial charge is 0.181 e. The summed E-state index contributed by atoms with van der Waals surface area (Å²) in [4.78, 5) is 4.50. The molecule has 106 valence electrons. The number of aliphatic hydroxyl groups excluding tert-OH is 1. The third-order valence-corrected chi connectivity index (χ3v) is 4.12. The summed E-state index contributed by atoms with van der Waals surface area (Å²) in [5.41, 5.74) is 0.785. The number of halogens is 1. The molecule has 1 aromatic carbocycles. The highest BCUT2D eigenvalue weighted by Gasteiger charge is 2.39. The average Bonchev–Trinajstić information content (AvgIpc) is 2.76. The van der Waals surface area contributed by atoms with Gasteiger partial charge in [-0.15, -0.1) is 0 Å². The van der Waals surface area contributed by atoms with Gasteiger partial charge < -0.3 is 9.84 Å². The van der Waals surface area contributed by atoms with Gasteiger partial charge in [0.25, 0.3) is 0 Å². The molecule has 0 atom stereocenters. The average molecular weight is 338 g/mol. The Kier molecular flexibility index (Phi) is 3.62. The number of ether oxygens (including phenoxy) is 1. The zero-order valence-corrected chi connectivity index (χ0v) is 12.8. The highest BCUT2D eigenvalue weighted by atomic mass is 79.9. The number of nitrogens with zero attached hydrogens (tertiary/aromatic N) is 3. The molecule has 0 saturated carbocycles. The van der Waals surface area contributed by atoms with Crippen molar-refractivity contribution in [1.29, 1.82) is 0 Å². The molecule has 1 fully saturated rings. The van der Waals surface area contributed by atoms with Crippen LogP contribution < -0.4 is 0 Å². The molecule has 1 aliphatic rings. The highest BCUT2D eigenvalue weighted by molar-refractivity contribution is 9.10. The largest absolute Gasteiger partial charge is 0.396 e. The van der Waals surface area contributed by atoms with Crippen LogP contribution in [0.3, 0.4) is 0 Å². The Morgan fingerprint density at radius 1 is 1.35 bits per heavy atom. The van der Waals surface area contributed by atoms with E-state index in [9.17, 15) is 5.11 Å². The topological polar surface area (TPSA) is 60.2 Å². The van der Waals surface area contributed by atoms with E-state index >= 15 is 0 Å². The fourth-order valence-corrected chi connectivity index (χ4v) is 2.50. The molecule has 1 saturated heterocycles. The van der Waals surface area contributed by atoms with Crippen LogP contribution in [0.2, 0.25) is 0 Å². The maximum absolute atomic E-state index is 9.50. The van der Waals surface area contributed by atoms with Gasteiger partial charge in [-0.05, 0) is 19.1 Å². The molecule has 1 aliphatic heterocycles. The first-order valence-electron chi connectivity index (χ1n) is 6.48. The molecule has 0 bridgehead atoms. The van der Waals surface area contributed by atoms with Crippen molar-refractivity contribution in [2.24, 2.45) is 5.41 Å². The first kappa shape index (κ1) is 13.7. The monoisotopic (exact) mass is 337 g/mol. The molecule has 5 nitrogen and oxygen atoms in total. The summed E-state index contributed by atoms with van der Waals surface area (Å²) < 4.78 is 8.11. The first-order valence-corrected chi connectivity index (χ1v) is 7.27. The van der Waals surface area contributed by atoms with Crippen LogP contribution in [0.15, 0.2) is 28.7 Å². The van der Waals surface area contributed by atoms with E-state index in [1.54, 1.807) is 0 Å². The van der Waals surface area contributed by atoms with Crippen molar-refractivity contribution >= 4 is 15.9 Å². The van der Waals surface area contributed by atoms with Crippen molar-refractivity contribution in [2.75, 3.05) is 19.8 Å². The molecule has 0 spiro atoms. The van der Waals surface area contributed by atoms with Crippen molar-refractivity contribution in [3.05, 3.63) is 34.6 Å². The van der Waals surface area contributed by atoms with Crippen LogP contribution in [0.4, 0.5) is 0 Å². The van der Waals surface area contributed by atoms with E-state index in [4.69, 9.17) is 4.74 Å². The van der Waals surface area contributed by atoms with Gasteiger partial charge in [0.05, 0.1) is 31.8 Å². The molecule has 2 aromatic rings. The summed E-state index contributed by atoms with van der Waals surface area (Å²) in [7, 11) is 0. The van der Waals surface area contributed by atoms with Gasteiger partial charge in [0.1, 0.15) is 5.82 Å². The molecular weight excluding hydrogens is 322 g/mol. The SMILES string of the molecule is Cc1nc(-c2ccc(Br)cc2)nn1CC1(CO)COC1. The Morgan fingerprint density at radius 3 is 2.60 bits per heavy atom. The normalized spacial score (nSPS) is 16.9. The van der Waals surface area contributed by atoms with Gasteiger partial charge >= 0.3 is 0 Å². The summed E-state index contributed by atoms with van der Waals surface area (Å²) >= 11 is 3.42. The van der Waals surface area contributed by atoms with Crippen LogP contribution in [0.25, 0.3) is 11.4 Å². The number of benzene rings is 1. The third kappa shape index (κ3) is 2.51. The Bertz CT molecular complexity index is 600. The van der Waals surface area contributed by atoms with Crippen molar-refractivity contribution in [3.8, 4) is 11.4 Å². The van der Waals surface area contributed by atoms with Crippen LogP contribution >= 0.6 is 15.9 Å². The number of hydrogen-bond donors (Lipinski definition) is 1. The maximum atomic E-state index is 9.50. The summed E-state index contributed by atoms with van der Waals surface area (Å²) in [6.07, 6.45) is 0. The van der Waals surface area contributed by atoms with Crippen LogP contribution in [-0.2, 0) is 11.3 Å². The summed E-state index contributed by atoms with van der Waals surface area (Å²) in [6, 6.07) is 7.91. The van der Waals surface area contributed by atoms with Gasteiger partial charge in [0.2, 0.25) is 0 Å². The van der Waals surface area contributed by atoms with Crippen LogP contribution in [0.5, 0.6) is 0 Å². The predicted octanol–water partition coefficient (Wildman–Crippen LogP) is 2.02. The number of rotatable bonds is 4. The molecule has 1 aromatic heterocycles. The molecule has 6 heteroatoms. The van der Waals surface area contributed by atoms with Crippen LogP contribution in [0, 0.1) is 12.3 Å². The van der Waals surface area contributed by atoms with E-state index < -0.39 is 0 Å².